The lowest BCUT2D eigenvalue weighted by Crippen LogP contribution is -2.57. The molecule has 0 aromatic heterocycles. The number of rotatable bonds is 12. The minimum absolute atomic E-state index is 0.0341. The van der Waals surface area contributed by atoms with E-state index in [0.717, 1.165) is 11.1 Å². The third-order valence-corrected chi connectivity index (χ3v) is 5.53. The summed E-state index contributed by atoms with van der Waals surface area (Å²) >= 11 is 0. The van der Waals surface area contributed by atoms with Gasteiger partial charge in [-0.15, -0.1) is 0 Å². The summed E-state index contributed by atoms with van der Waals surface area (Å²) in [6.45, 7) is 8.88. The number of carbonyl (C=O) groups excluding carboxylic acids is 3. The molecule has 0 aliphatic heterocycles. The summed E-state index contributed by atoms with van der Waals surface area (Å²) in [4.78, 5) is 51.0. The molecule has 0 bridgehead atoms. The van der Waals surface area contributed by atoms with Gasteiger partial charge in [0.05, 0.1) is 0 Å². The number of alkyl carbamates (subject to hydrolysis) is 1. The maximum Gasteiger partial charge on any atom is 0.408 e. The molecule has 0 fully saturated rings. The van der Waals surface area contributed by atoms with E-state index in [1.54, 1.807) is 20.8 Å². The summed E-state index contributed by atoms with van der Waals surface area (Å²) in [5.74, 6) is -2.32. The molecule has 2 aromatic rings. The van der Waals surface area contributed by atoms with Crippen LogP contribution in [0.15, 0.2) is 60.7 Å². The standard InChI is InChI=1S/C29H39N3O6/c1-19(2)16-24(27(35)36)31-25(33)22(17-20-12-8-6-9-13-20)30-26(34)23(18-21-14-10-7-11-15-21)32-28(37)38-29(3,4)5/h6-15,19,22-24H,16-18H2,1-5H3,(H,30,34)(H,31,33)(H,32,37)(H,35,36)/t22-,23-,24-/m1/s1. The molecule has 0 aliphatic carbocycles. The van der Waals surface area contributed by atoms with Gasteiger partial charge in [-0.05, 0) is 44.2 Å². The average molecular weight is 526 g/mol. The van der Waals surface area contributed by atoms with Crippen molar-refractivity contribution in [2.75, 3.05) is 0 Å². The number of ether oxygens (including phenoxy) is 1. The van der Waals surface area contributed by atoms with E-state index >= 15 is 0 Å². The first kappa shape index (κ1) is 30.3. The number of carboxylic acid groups (broad SMARTS) is 1. The number of amides is 3. The van der Waals surface area contributed by atoms with E-state index in [2.05, 4.69) is 16.0 Å². The van der Waals surface area contributed by atoms with Gasteiger partial charge in [0.25, 0.3) is 0 Å². The fourth-order valence-electron chi connectivity index (χ4n) is 3.81. The Labute approximate surface area is 224 Å². The van der Waals surface area contributed by atoms with Crippen LogP contribution < -0.4 is 16.0 Å². The largest absolute Gasteiger partial charge is 0.480 e. The van der Waals surface area contributed by atoms with E-state index in [1.165, 1.54) is 0 Å². The van der Waals surface area contributed by atoms with Gasteiger partial charge in [0.15, 0.2) is 0 Å². The van der Waals surface area contributed by atoms with Gasteiger partial charge in [-0.25, -0.2) is 9.59 Å². The van der Waals surface area contributed by atoms with Crippen LogP contribution in [0, 0.1) is 5.92 Å². The molecule has 206 valence electrons. The molecule has 0 radical (unpaired) electrons. The molecule has 38 heavy (non-hydrogen) atoms. The van der Waals surface area contributed by atoms with Crippen LogP contribution in [0.1, 0.15) is 52.2 Å². The van der Waals surface area contributed by atoms with Crippen LogP contribution in [0.25, 0.3) is 0 Å². The molecule has 3 atom stereocenters. The number of hydrogen-bond donors (Lipinski definition) is 4. The van der Waals surface area contributed by atoms with Gasteiger partial charge < -0.3 is 25.8 Å². The van der Waals surface area contributed by atoms with E-state index in [0.29, 0.717) is 0 Å². The predicted octanol–water partition coefficient (Wildman–Crippen LogP) is 3.47. The molecule has 3 amide bonds. The number of hydrogen-bond acceptors (Lipinski definition) is 5. The molecule has 0 spiro atoms. The Balaban J connectivity index is 2.29. The van der Waals surface area contributed by atoms with E-state index in [4.69, 9.17) is 4.74 Å². The van der Waals surface area contributed by atoms with Crippen molar-refractivity contribution in [3.63, 3.8) is 0 Å². The van der Waals surface area contributed by atoms with Gasteiger partial charge in [0.1, 0.15) is 23.7 Å². The zero-order valence-corrected chi connectivity index (χ0v) is 22.7. The van der Waals surface area contributed by atoms with Gasteiger partial charge >= 0.3 is 12.1 Å². The zero-order chi connectivity index (χ0) is 28.3. The topological polar surface area (TPSA) is 134 Å². The minimum Gasteiger partial charge on any atom is -0.480 e. The molecule has 9 heteroatoms. The van der Waals surface area contributed by atoms with Crippen LogP contribution in [0.5, 0.6) is 0 Å². The second kappa shape index (κ2) is 14.2. The average Bonchev–Trinajstić information content (AvgIpc) is 2.82. The molecule has 0 aliphatic rings. The summed E-state index contributed by atoms with van der Waals surface area (Å²) < 4.78 is 5.35. The van der Waals surface area contributed by atoms with Crippen molar-refractivity contribution < 1.29 is 29.0 Å². The second-order valence-electron chi connectivity index (χ2n) is 10.7. The van der Waals surface area contributed by atoms with Crippen molar-refractivity contribution in [2.45, 2.75) is 77.6 Å². The molecule has 0 saturated heterocycles. The molecule has 0 unspecified atom stereocenters. The first-order chi connectivity index (χ1) is 17.8. The smallest absolute Gasteiger partial charge is 0.408 e. The Kier molecular flexibility index (Phi) is 11.3. The Bertz CT molecular complexity index is 1070. The third kappa shape index (κ3) is 11.0. The van der Waals surface area contributed by atoms with E-state index < -0.39 is 47.6 Å². The molecular weight excluding hydrogens is 486 g/mol. The fourth-order valence-corrected chi connectivity index (χ4v) is 3.81. The van der Waals surface area contributed by atoms with E-state index in [9.17, 15) is 24.3 Å². The highest BCUT2D eigenvalue weighted by Gasteiger charge is 2.31. The molecule has 9 nitrogen and oxygen atoms in total. The van der Waals surface area contributed by atoms with Crippen LogP contribution in [0.2, 0.25) is 0 Å². The number of nitrogens with one attached hydrogen (secondary N) is 3. The lowest BCUT2D eigenvalue weighted by molar-refractivity contribution is -0.142. The van der Waals surface area contributed by atoms with Crippen molar-refractivity contribution in [1.82, 2.24) is 16.0 Å². The highest BCUT2D eigenvalue weighted by atomic mass is 16.6. The van der Waals surface area contributed by atoms with Crippen LogP contribution in [0.4, 0.5) is 4.79 Å². The van der Waals surface area contributed by atoms with Crippen LogP contribution in [-0.4, -0.2) is 52.7 Å². The highest BCUT2D eigenvalue weighted by Crippen LogP contribution is 2.11. The number of benzene rings is 2. The Morgan fingerprint density at radius 3 is 1.55 bits per heavy atom. The summed E-state index contributed by atoms with van der Waals surface area (Å²) in [6, 6.07) is 15.0. The molecule has 4 N–H and O–H groups in total. The highest BCUT2D eigenvalue weighted by molar-refractivity contribution is 5.93. The first-order valence-electron chi connectivity index (χ1n) is 12.7. The lowest BCUT2D eigenvalue weighted by atomic mass is 10.0. The maximum absolute atomic E-state index is 13.5. The van der Waals surface area contributed by atoms with Crippen molar-refractivity contribution in [1.29, 1.82) is 0 Å². The normalized spacial score (nSPS) is 13.6. The number of carbonyl (C=O) groups is 4. The first-order valence-corrected chi connectivity index (χ1v) is 12.7. The minimum atomic E-state index is -1.15. The van der Waals surface area contributed by atoms with Crippen LogP contribution in [-0.2, 0) is 32.0 Å². The number of aliphatic carboxylic acids is 1. The van der Waals surface area contributed by atoms with Crippen molar-refractivity contribution in [3.8, 4) is 0 Å². The lowest BCUT2D eigenvalue weighted by Gasteiger charge is -2.26. The zero-order valence-electron chi connectivity index (χ0n) is 22.7. The van der Waals surface area contributed by atoms with Gasteiger partial charge in [0, 0.05) is 12.8 Å². The van der Waals surface area contributed by atoms with Gasteiger partial charge in [-0.2, -0.15) is 0 Å². The summed E-state index contributed by atoms with van der Waals surface area (Å²) in [6.07, 6.45) is -0.224. The predicted molar refractivity (Wildman–Crippen MR) is 144 cm³/mol. The Morgan fingerprint density at radius 2 is 1.16 bits per heavy atom. The van der Waals surface area contributed by atoms with Crippen LogP contribution >= 0.6 is 0 Å². The van der Waals surface area contributed by atoms with E-state index in [1.807, 2.05) is 74.5 Å². The van der Waals surface area contributed by atoms with Crippen molar-refractivity contribution in [2.24, 2.45) is 5.92 Å². The molecule has 0 saturated carbocycles. The van der Waals surface area contributed by atoms with Gasteiger partial charge in [0.2, 0.25) is 11.8 Å². The molecular formula is C29H39N3O6. The van der Waals surface area contributed by atoms with Crippen molar-refractivity contribution in [3.05, 3.63) is 71.8 Å². The molecule has 2 aromatic carbocycles. The van der Waals surface area contributed by atoms with Crippen molar-refractivity contribution >= 4 is 23.9 Å². The second-order valence-corrected chi connectivity index (χ2v) is 10.7. The quantitative estimate of drug-likeness (QED) is 0.335. The summed E-state index contributed by atoms with van der Waals surface area (Å²) in [5, 5.41) is 17.5. The maximum atomic E-state index is 13.5. The van der Waals surface area contributed by atoms with Gasteiger partial charge in [-0.1, -0.05) is 74.5 Å². The van der Waals surface area contributed by atoms with Crippen LogP contribution in [0.3, 0.4) is 0 Å². The third-order valence-electron chi connectivity index (χ3n) is 5.53. The fraction of sp³-hybridized carbons (Fsp3) is 0.448. The summed E-state index contributed by atoms with van der Waals surface area (Å²) in [5.41, 5.74) is 0.814. The Hall–Kier alpha value is -3.88. The van der Waals surface area contributed by atoms with Gasteiger partial charge in [-0.3, -0.25) is 9.59 Å². The molecule has 0 heterocycles. The number of carboxylic acids is 1. The summed E-state index contributed by atoms with van der Waals surface area (Å²) in [7, 11) is 0. The monoisotopic (exact) mass is 525 g/mol. The molecule has 2 rings (SSSR count). The van der Waals surface area contributed by atoms with E-state index in [-0.39, 0.29) is 25.2 Å². The SMILES string of the molecule is CC(C)C[C@@H](NC(=O)[C@@H](Cc1ccccc1)NC(=O)[C@@H](Cc1ccccc1)NC(=O)OC(C)(C)C)C(=O)O. The Morgan fingerprint density at radius 1 is 0.737 bits per heavy atom.